The first-order chi connectivity index (χ1) is 10.0. The number of rotatable bonds is 5. The molecule has 1 aromatic heterocycles. The standard InChI is InChI=1S/C17H30N4/c1-17(2,3)19-10-14-6-8-20(9-7-14)12-16-11-18-13-21(16)15-4-5-15/h11,13-15,19H,4-10,12H2,1-3H3. The molecule has 0 spiro atoms. The lowest BCUT2D eigenvalue weighted by Crippen LogP contribution is -2.42. The highest BCUT2D eigenvalue weighted by molar-refractivity contribution is 5.03. The van der Waals surface area contributed by atoms with Crippen LogP contribution in [0.3, 0.4) is 0 Å². The van der Waals surface area contributed by atoms with E-state index in [1.807, 2.05) is 6.33 Å². The average Bonchev–Trinajstić information content (AvgIpc) is 3.18. The molecule has 1 N–H and O–H groups in total. The van der Waals surface area contributed by atoms with Crippen molar-refractivity contribution in [3.05, 3.63) is 18.2 Å². The molecule has 4 nitrogen and oxygen atoms in total. The number of nitrogens with one attached hydrogen (secondary N) is 1. The van der Waals surface area contributed by atoms with E-state index in [0.29, 0.717) is 0 Å². The third-order valence-corrected chi connectivity index (χ3v) is 4.70. The van der Waals surface area contributed by atoms with Crippen molar-refractivity contribution in [3.63, 3.8) is 0 Å². The smallest absolute Gasteiger partial charge is 0.0951 e. The molecule has 1 aliphatic heterocycles. The fourth-order valence-corrected chi connectivity index (χ4v) is 3.16. The van der Waals surface area contributed by atoms with Gasteiger partial charge in [-0.15, -0.1) is 0 Å². The van der Waals surface area contributed by atoms with E-state index in [1.54, 1.807) is 0 Å². The highest BCUT2D eigenvalue weighted by atomic mass is 15.2. The minimum atomic E-state index is 0.244. The molecule has 1 saturated carbocycles. The fourth-order valence-electron chi connectivity index (χ4n) is 3.16. The molecule has 2 aliphatic rings. The van der Waals surface area contributed by atoms with Crippen LogP contribution in [0.15, 0.2) is 12.5 Å². The molecule has 21 heavy (non-hydrogen) atoms. The Kier molecular flexibility index (Phi) is 4.36. The van der Waals surface area contributed by atoms with E-state index in [2.05, 4.69) is 46.7 Å². The third kappa shape index (κ3) is 4.30. The first kappa shape index (κ1) is 15.0. The van der Waals surface area contributed by atoms with Gasteiger partial charge in [0.15, 0.2) is 0 Å². The number of hydrogen-bond acceptors (Lipinski definition) is 3. The van der Waals surface area contributed by atoms with Gasteiger partial charge in [-0.25, -0.2) is 4.98 Å². The summed E-state index contributed by atoms with van der Waals surface area (Å²) in [7, 11) is 0. The molecule has 0 amide bonds. The quantitative estimate of drug-likeness (QED) is 0.905. The molecule has 118 valence electrons. The summed E-state index contributed by atoms with van der Waals surface area (Å²) in [5.41, 5.74) is 1.65. The molecule has 0 aromatic carbocycles. The highest BCUT2D eigenvalue weighted by Crippen LogP contribution is 2.36. The first-order valence-electron chi connectivity index (χ1n) is 8.49. The number of aromatic nitrogens is 2. The van der Waals surface area contributed by atoms with Crippen LogP contribution in [0.25, 0.3) is 0 Å². The molecular weight excluding hydrogens is 260 g/mol. The van der Waals surface area contributed by atoms with Crippen molar-refractivity contribution in [2.75, 3.05) is 19.6 Å². The van der Waals surface area contributed by atoms with Gasteiger partial charge >= 0.3 is 0 Å². The molecular formula is C17H30N4. The molecule has 0 radical (unpaired) electrons. The van der Waals surface area contributed by atoms with Crippen molar-refractivity contribution in [3.8, 4) is 0 Å². The monoisotopic (exact) mass is 290 g/mol. The molecule has 0 atom stereocenters. The van der Waals surface area contributed by atoms with Crippen molar-refractivity contribution in [1.29, 1.82) is 0 Å². The summed E-state index contributed by atoms with van der Waals surface area (Å²) in [5, 5.41) is 3.65. The van der Waals surface area contributed by atoms with E-state index >= 15 is 0 Å². The SMILES string of the molecule is CC(C)(C)NCC1CCN(Cc2cncn2C2CC2)CC1. The van der Waals surface area contributed by atoms with Gasteiger partial charge in [0, 0.05) is 24.3 Å². The summed E-state index contributed by atoms with van der Waals surface area (Å²) in [6, 6.07) is 0.746. The minimum absolute atomic E-state index is 0.244. The topological polar surface area (TPSA) is 33.1 Å². The number of piperidine rings is 1. The Bertz CT molecular complexity index is 448. The molecule has 3 rings (SSSR count). The van der Waals surface area contributed by atoms with Crippen LogP contribution in [-0.2, 0) is 6.54 Å². The number of imidazole rings is 1. The molecule has 2 heterocycles. The van der Waals surface area contributed by atoms with Crippen molar-refractivity contribution in [1.82, 2.24) is 19.8 Å². The van der Waals surface area contributed by atoms with Crippen molar-refractivity contribution >= 4 is 0 Å². The van der Waals surface area contributed by atoms with Crippen LogP contribution >= 0.6 is 0 Å². The van der Waals surface area contributed by atoms with Crippen LogP contribution in [-0.4, -0.2) is 39.6 Å². The van der Waals surface area contributed by atoms with Gasteiger partial charge in [-0.05, 0) is 72.0 Å². The predicted octanol–water partition coefficient (Wildman–Crippen LogP) is 2.82. The van der Waals surface area contributed by atoms with E-state index in [-0.39, 0.29) is 5.54 Å². The van der Waals surface area contributed by atoms with Gasteiger partial charge in [0.1, 0.15) is 0 Å². The van der Waals surface area contributed by atoms with Crippen LogP contribution in [0.1, 0.15) is 58.2 Å². The Hall–Kier alpha value is -0.870. The van der Waals surface area contributed by atoms with Crippen LogP contribution in [0.4, 0.5) is 0 Å². The Morgan fingerprint density at radius 3 is 2.52 bits per heavy atom. The molecule has 4 heteroatoms. The molecule has 0 unspecified atom stereocenters. The average molecular weight is 290 g/mol. The van der Waals surface area contributed by atoms with E-state index in [9.17, 15) is 0 Å². The third-order valence-electron chi connectivity index (χ3n) is 4.70. The summed E-state index contributed by atoms with van der Waals surface area (Å²) in [6.45, 7) is 11.5. The van der Waals surface area contributed by atoms with Gasteiger partial charge in [0.05, 0.1) is 12.0 Å². The van der Waals surface area contributed by atoms with Gasteiger partial charge in [-0.1, -0.05) is 0 Å². The first-order valence-corrected chi connectivity index (χ1v) is 8.49. The second-order valence-electron chi connectivity index (χ2n) is 7.87. The molecule has 1 aromatic rings. The molecule has 1 aliphatic carbocycles. The van der Waals surface area contributed by atoms with Gasteiger partial charge in [-0.2, -0.15) is 0 Å². The second-order valence-corrected chi connectivity index (χ2v) is 7.87. The zero-order valence-corrected chi connectivity index (χ0v) is 13.8. The van der Waals surface area contributed by atoms with E-state index in [4.69, 9.17) is 0 Å². The number of nitrogens with zero attached hydrogens (tertiary/aromatic N) is 3. The maximum absolute atomic E-state index is 4.35. The Morgan fingerprint density at radius 1 is 1.19 bits per heavy atom. The molecule has 0 bridgehead atoms. The lowest BCUT2D eigenvalue weighted by molar-refractivity contribution is 0.167. The summed E-state index contributed by atoms with van der Waals surface area (Å²) in [4.78, 5) is 6.95. The second kappa shape index (κ2) is 6.09. The van der Waals surface area contributed by atoms with E-state index in [1.165, 1.54) is 44.5 Å². The Labute approximate surface area is 128 Å². The zero-order chi connectivity index (χ0) is 14.9. The van der Waals surface area contributed by atoms with Gasteiger partial charge in [-0.3, -0.25) is 4.90 Å². The van der Waals surface area contributed by atoms with Gasteiger partial charge < -0.3 is 9.88 Å². The number of hydrogen-bond donors (Lipinski definition) is 1. The maximum Gasteiger partial charge on any atom is 0.0951 e. The van der Waals surface area contributed by atoms with Crippen LogP contribution in [0.2, 0.25) is 0 Å². The Balaban J connectivity index is 1.44. The van der Waals surface area contributed by atoms with E-state index in [0.717, 1.165) is 25.0 Å². The maximum atomic E-state index is 4.35. The summed E-state index contributed by atoms with van der Waals surface area (Å²) in [6.07, 6.45) is 9.40. The van der Waals surface area contributed by atoms with Crippen LogP contribution < -0.4 is 5.32 Å². The largest absolute Gasteiger partial charge is 0.330 e. The predicted molar refractivity (Wildman–Crippen MR) is 86.3 cm³/mol. The van der Waals surface area contributed by atoms with Crippen LogP contribution in [0, 0.1) is 5.92 Å². The highest BCUT2D eigenvalue weighted by Gasteiger charge is 2.27. The molecule has 1 saturated heterocycles. The minimum Gasteiger partial charge on any atom is -0.330 e. The summed E-state index contributed by atoms with van der Waals surface area (Å²) < 4.78 is 2.40. The summed E-state index contributed by atoms with van der Waals surface area (Å²) in [5.74, 6) is 0.841. The van der Waals surface area contributed by atoms with E-state index < -0.39 is 0 Å². The molecule has 2 fully saturated rings. The Morgan fingerprint density at radius 2 is 1.90 bits per heavy atom. The fraction of sp³-hybridized carbons (Fsp3) is 0.824. The van der Waals surface area contributed by atoms with Crippen molar-refractivity contribution < 1.29 is 0 Å². The van der Waals surface area contributed by atoms with Crippen LogP contribution in [0.5, 0.6) is 0 Å². The van der Waals surface area contributed by atoms with Gasteiger partial charge in [0.25, 0.3) is 0 Å². The lowest BCUT2D eigenvalue weighted by Gasteiger charge is -2.33. The number of likely N-dealkylation sites (tertiary alicyclic amines) is 1. The zero-order valence-electron chi connectivity index (χ0n) is 13.8. The summed E-state index contributed by atoms with van der Waals surface area (Å²) >= 11 is 0. The normalized spacial score (nSPS) is 21.9. The lowest BCUT2D eigenvalue weighted by atomic mass is 9.95. The van der Waals surface area contributed by atoms with Crippen molar-refractivity contribution in [2.24, 2.45) is 5.92 Å². The van der Waals surface area contributed by atoms with Crippen molar-refractivity contribution in [2.45, 2.75) is 64.6 Å². The van der Waals surface area contributed by atoms with Gasteiger partial charge in [0.2, 0.25) is 0 Å².